The molecule has 0 aliphatic carbocycles. The number of rotatable bonds is 6. The van der Waals surface area contributed by atoms with Gasteiger partial charge in [0.1, 0.15) is 11.1 Å². The summed E-state index contributed by atoms with van der Waals surface area (Å²) in [5, 5.41) is 9.90. The van der Waals surface area contributed by atoms with Crippen LogP contribution >= 0.6 is 11.8 Å². The Morgan fingerprint density at radius 2 is 1.96 bits per heavy atom. The molecule has 1 amide bonds. The van der Waals surface area contributed by atoms with Crippen LogP contribution in [0.5, 0.6) is 0 Å². The molecule has 0 unspecified atom stereocenters. The van der Waals surface area contributed by atoms with Gasteiger partial charge in [0.15, 0.2) is 0 Å². The summed E-state index contributed by atoms with van der Waals surface area (Å²) in [5.41, 5.74) is 6.70. The van der Waals surface area contributed by atoms with Gasteiger partial charge in [-0.3, -0.25) is 9.63 Å². The Kier molecular flexibility index (Phi) is 6.36. The number of pyridine rings is 1. The lowest BCUT2D eigenvalue weighted by Crippen LogP contribution is -2.25. The molecule has 0 bridgehead atoms. The number of benzene rings is 1. The van der Waals surface area contributed by atoms with Gasteiger partial charge in [0.2, 0.25) is 0 Å². The van der Waals surface area contributed by atoms with Crippen molar-refractivity contribution in [3.05, 3.63) is 58.3 Å². The number of nitriles is 1. The summed E-state index contributed by atoms with van der Waals surface area (Å²) >= 11 is 1.24. The summed E-state index contributed by atoms with van der Waals surface area (Å²) < 4.78 is 0. The van der Waals surface area contributed by atoms with Gasteiger partial charge in [-0.2, -0.15) is 5.26 Å². The van der Waals surface area contributed by atoms with Gasteiger partial charge < -0.3 is 0 Å². The highest BCUT2D eigenvalue weighted by Gasteiger charge is 2.14. The molecular formula is C18H19N3O2S. The number of carbonyl (C=O) groups excluding carboxylic acids is 1. The van der Waals surface area contributed by atoms with Crippen LogP contribution in [0.4, 0.5) is 0 Å². The summed E-state index contributed by atoms with van der Waals surface area (Å²) in [6.07, 6.45) is 0. The number of aryl methyl sites for hydroxylation is 1. The van der Waals surface area contributed by atoms with Crippen LogP contribution in [0.25, 0.3) is 0 Å². The SMILES string of the molecule is Cc1nc(SCC(=O)NOCc2ccccc2)c(C#N)c(C)c1C. The minimum atomic E-state index is -0.266. The Labute approximate surface area is 146 Å². The zero-order chi connectivity index (χ0) is 17.5. The number of thioether (sulfide) groups is 1. The van der Waals surface area contributed by atoms with E-state index in [1.54, 1.807) is 0 Å². The van der Waals surface area contributed by atoms with Gasteiger partial charge in [0.05, 0.1) is 17.9 Å². The van der Waals surface area contributed by atoms with Gasteiger partial charge in [-0.15, -0.1) is 0 Å². The van der Waals surface area contributed by atoms with Crippen molar-refractivity contribution >= 4 is 17.7 Å². The predicted octanol–water partition coefficient (Wildman–Crippen LogP) is 3.22. The maximum Gasteiger partial charge on any atom is 0.253 e. The summed E-state index contributed by atoms with van der Waals surface area (Å²) in [6.45, 7) is 6.05. The monoisotopic (exact) mass is 341 g/mol. The van der Waals surface area contributed by atoms with Crippen molar-refractivity contribution < 1.29 is 9.63 Å². The Balaban J connectivity index is 1.89. The van der Waals surface area contributed by atoms with E-state index in [0.717, 1.165) is 22.4 Å². The molecule has 0 spiro atoms. The fraction of sp³-hybridized carbons (Fsp3) is 0.278. The molecule has 124 valence electrons. The number of amides is 1. The van der Waals surface area contributed by atoms with Crippen molar-refractivity contribution in [3.63, 3.8) is 0 Å². The van der Waals surface area contributed by atoms with Gasteiger partial charge in [0.25, 0.3) is 5.91 Å². The maximum absolute atomic E-state index is 11.9. The third kappa shape index (κ3) is 4.57. The van der Waals surface area contributed by atoms with Crippen molar-refractivity contribution in [2.75, 3.05) is 5.75 Å². The summed E-state index contributed by atoms with van der Waals surface area (Å²) in [6, 6.07) is 11.8. The molecule has 5 nitrogen and oxygen atoms in total. The number of aromatic nitrogens is 1. The van der Waals surface area contributed by atoms with Crippen LogP contribution < -0.4 is 5.48 Å². The minimum absolute atomic E-state index is 0.137. The van der Waals surface area contributed by atoms with E-state index in [0.29, 0.717) is 17.2 Å². The standard InChI is InChI=1S/C18H19N3O2S/c1-12-13(2)16(9-19)18(20-14(12)3)24-11-17(22)21-23-10-15-7-5-4-6-8-15/h4-8H,10-11H2,1-3H3,(H,21,22). The molecular weight excluding hydrogens is 322 g/mol. The average molecular weight is 341 g/mol. The van der Waals surface area contributed by atoms with Gasteiger partial charge in [0, 0.05) is 5.69 Å². The summed E-state index contributed by atoms with van der Waals surface area (Å²) in [5.74, 6) is -0.129. The topological polar surface area (TPSA) is 75.0 Å². The first-order chi connectivity index (χ1) is 11.5. The van der Waals surface area contributed by atoms with E-state index >= 15 is 0 Å². The molecule has 0 radical (unpaired) electrons. The van der Waals surface area contributed by atoms with Gasteiger partial charge in [-0.25, -0.2) is 10.5 Å². The van der Waals surface area contributed by atoms with Crippen LogP contribution in [0, 0.1) is 32.1 Å². The molecule has 0 atom stereocenters. The highest BCUT2D eigenvalue weighted by Crippen LogP contribution is 2.26. The van der Waals surface area contributed by atoms with Crippen molar-refractivity contribution in [2.45, 2.75) is 32.4 Å². The van der Waals surface area contributed by atoms with E-state index in [-0.39, 0.29) is 11.7 Å². The van der Waals surface area contributed by atoms with E-state index < -0.39 is 0 Å². The van der Waals surface area contributed by atoms with Gasteiger partial charge in [-0.05, 0) is 37.5 Å². The molecule has 0 aliphatic rings. The maximum atomic E-state index is 11.9. The molecule has 1 heterocycles. The Morgan fingerprint density at radius 3 is 2.62 bits per heavy atom. The number of hydrogen-bond donors (Lipinski definition) is 1. The molecule has 0 saturated heterocycles. The predicted molar refractivity (Wildman–Crippen MR) is 93.3 cm³/mol. The van der Waals surface area contributed by atoms with Crippen LogP contribution in [-0.2, 0) is 16.2 Å². The number of hydrogen-bond acceptors (Lipinski definition) is 5. The zero-order valence-electron chi connectivity index (χ0n) is 13.9. The molecule has 1 N–H and O–H groups in total. The summed E-state index contributed by atoms with van der Waals surface area (Å²) in [4.78, 5) is 21.5. The van der Waals surface area contributed by atoms with E-state index in [9.17, 15) is 10.1 Å². The highest BCUT2D eigenvalue weighted by molar-refractivity contribution is 8.00. The van der Waals surface area contributed by atoms with Crippen molar-refractivity contribution in [2.24, 2.45) is 0 Å². The van der Waals surface area contributed by atoms with Crippen molar-refractivity contribution in [3.8, 4) is 6.07 Å². The number of hydroxylamine groups is 1. The molecule has 2 aromatic rings. The lowest BCUT2D eigenvalue weighted by atomic mass is 10.1. The molecule has 2 rings (SSSR count). The van der Waals surface area contributed by atoms with E-state index in [4.69, 9.17) is 4.84 Å². The Bertz CT molecular complexity index is 770. The van der Waals surface area contributed by atoms with E-state index in [1.807, 2.05) is 51.1 Å². The second-order valence-electron chi connectivity index (χ2n) is 5.33. The third-order valence-corrected chi connectivity index (χ3v) is 4.66. The van der Waals surface area contributed by atoms with Crippen LogP contribution in [0.15, 0.2) is 35.4 Å². The van der Waals surface area contributed by atoms with Crippen LogP contribution in [0.2, 0.25) is 0 Å². The first-order valence-electron chi connectivity index (χ1n) is 7.48. The average Bonchev–Trinajstić information content (AvgIpc) is 2.59. The number of carbonyl (C=O) groups is 1. The molecule has 0 fully saturated rings. The van der Waals surface area contributed by atoms with E-state index in [2.05, 4.69) is 16.5 Å². The minimum Gasteiger partial charge on any atom is -0.272 e. The van der Waals surface area contributed by atoms with Crippen LogP contribution in [0.3, 0.4) is 0 Å². The molecule has 1 aromatic carbocycles. The first-order valence-corrected chi connectivity index (χ1v) is 8.46. The molecule has 1 aromatic heterocycles. The zero-order valence-corrected chi connectivity index (χ0v) is 14.7. The molecule has 6 heteroatoms. The fourth-order valence-electron chi connectivity index (χ4n) is 2.08. The third-order valence-electron chi connectivity index (χ3n) is 3.68. The quantitative estimate of drug-likeness (QED) is 0.645. The van der Waals surface area contributed by atoms with Crippen LogP contribution in [-0.4, -0.2) is 16.6 Å². The second kappa shape index (κ2) is 8.48. The molecule has 0 saturated carbocycles. The Morgan fingerprint density at radius 1 is 1.25 bits per heavy atom. The molecule has 24 heavy (non-hydrogen) atoms. The number of nitrogens with one attached hydrogen (secondary N) is 1. The normalized spacial score (nSPS) is 10.2. The summed E-state index contributed by atoms with van der Waals surface area (Å²) in [7, 11) is 0. The smallest absolute Gasteiger partial charge is 0.253 e. The highest BCUT2D eigenvalue weighted by atomic mass is 32.2. The van der Waals surface area contributed by atoms with Crippen LogP contribution in [0.1, 0.15) is 27.9 Å². The largest absolute Gasteiger partial charge is 0.272 e. The molecule has 0 aliphatic heterocycles. The van der Waals surface area contributed by atoms with Gasteiger partial charge >= 0.3 is 0 Å². The second-order valence-corrected chi connectivity index (χ2v) is 6.29. The van der Waals surface area contributed by atoms with Gasteiger partial charge in [-0.1, -0.05) is 42.1 Å². The lowest BCUT2D eigenvalue weighted by molar-refractivity contribution is -0.131. The first kappa shape index (κ1) is 18.0. The number of nitrogens with zero attached hydrogens (tertiary/aromatic N) is 2. The van der Waals surface area contributed by atoms with Crippen molar-refractivity contribution in [1.29, 1.82) is 5.26 Å². The lowest BCUT2D eigenvalue weighted by Gasteiger charge is -2.11. The van der Waals surface area contributed by atoms with E-state index in [1.165, 1.54) is 11.8 Å². The Hall–Kier alpha value is -2.36. The fourth-order valence-corrected chi connectivity index (χ4v) is 2.96. The van der Waals surface area contributed by atoms with Crippen molar-refractivity contribution in [1.82, 2.24) is 10.5 Å².